The number of amides is 1. The summed E-state index contributed by atoms with van der Waals surface area (Å²) in [6.07, 6.45) is 3.82. The Morgan fingerprint density at radius 2 is 2.12 bits per heavy atom. The third-order valence-electron chi connectivity index (χ3n) is 4.96. The number of ether oxygens (including phenoxy) is 2. The molecule has 0 bridgehead atoms. The Balaban J connectivity index is 1.38. The molecule has 0 unspecified atom stereocenters. The van der Waals surface area contributed by atoms with Gasteiger partial charge in [-0.2, -0.15) is 0 Å². The largest absolute Gasteiger partial charge is 0.440 e. The zero-order valence-electron chi connectivity index (χ0n) is 14.1. The molecule has 3 fully saturated rings. The third-order valence-corrected chi connectivity index (χ3v) is 6.00. The summed E-state index contributed by atoms with van der Waals surface area (Å²) in [6.45, 7) is 6.84. The first-order valence-corrected chi connectivity index (χ1v) is 9.39. The molecule has 1 atom stereocenters. The number of hydrogen-bond acceptors (Lipinski definition) is 7. The number of rotatable bonds is 3. The van der Waals surface area contributed by atoms with Crippen LogP contribution in [0.5, 0.6) is 0 Å². The minimum Gasteiger partial charge on any atom is -0.440 e. The molecule has 4 rings (SSSR count). The summed E-state index contributed by atoms with van der Waals surface area (Å²) >= 11 is 1.76. The summed E-state index contributed by atoms with van der Waals surface area (Å²) in [7, 11) is 1.81. The second-order valence-electron chi connectivity index (χ2n) is 6.93. The first kappa shape index (κ1) is 16.1. The predicted molar refractivity (Wildman–Crippen MR) is 91.5 cm³/mol. The Morgan fingerprint density at radius 1 is 1.29 bits per heavy atom. The van der Waals surface area contributed by atoms with Gasteiger partial charge in [0.2, 0.25) is 0 Å². The number of piperidine rings is 1. The van der Waals surface area contributed by atoms with Crippen LogP contribution < -0.4 is 4.90 Å². The molecule has 1 aromatic heterocycles. The van der Waals surface area contributed by atoms with E-state index in [1.54, 1.807) is 16.2 Å². The summed E-state index contributed by atoms with van der Waals surface area (Å²) in [5, 5.41) is 1.09. The van der Waals surface area contributed by atoms with Crippen LogP contribution in [0, 0.1) is 0 Å². The van der Waals surface area contributed by atoms with Gasteiger partial charge in [0, 0.05) is 44.3 Å². The molecule has 8 heteroatoms. The van der Waals surface area contributed by atoms with Gasteiger partial charge in [0.15, 0.2) is 5.13 Å². The average molecular weight is 352 g/mol. The average Bonchev–Trinajstić information content (AvgIpc) is 3.14. The van der Waals surface area contributed by atoms with Crippen LogP contribution in [0.25, 0.3) is 0 Å². The Bertz CT molecular complexity index is 604. The minimum atomic E-state index is -0.318. The maximum absolute atomic E-state index is 11.8. The molecule has 0 saturated carbocycles. The molecule has 132 valence electrons. The molecule has 24 heavy (non-hydrogen) atoms. The molecule has 4 heterocycles. The summed E-state index contributed by atoms with van der Waals surface area (Å²) in [6, 6.07) is 0. The predicted octanol–water partition coefficient (Wildman–Crippen LogP) is 1.40. The Hall–Kier alpha value is -1.38. The summed E-state index contributed by atoms with van der Waals surface area (Å²) in [4.78, 5) is 24.0. The van der Waals surface area contributed by atoms with Crippen molar-refractivity contribution in [2.24, 2.45) is 0 Å². The summed E-state index contributed by atoms with van der Waals surface area (Å²) in [5.74, 6) is 0. The first-order chi connectivity index (χ1) is 11.6. The van der Waals surface area contributed by atoms with Crippen molar-refractivity contribution in [3.05, 3.63) is 11.1 Å². The van der Waals surface area contributed by atoms with Crippen molar-refractivity contribution in [1.29, 1.82) is 0 Å². The van der Waals surface area contributed by atoms with Crippen LogP contribution in [0.4, 0.5) is 9.93 Å². The number of anilines is 1. The number of hydrogen-bond donors (Lipinski definition) is 0. The number of likely N-dealkylation sites (N-methyl/N-ethyl adjacent to an activating group) is 1. The maximum atomic E-state index is 11.8. The van der Waals surface area contributed by atoms with Gasteiger partial charge < -0.3 is 19.3 Å². The monoisotopic (exact) mass is 352 g/mol. The van der Waals surface area contributed by atoms with E-state index in [0.29, 0.717) is 6.54 Å². The second-order valence-corrected chi connectivity index (χ2v) is 8.02. The maximum Gasteiger partial charge on any atom is 0.410 e. The Labute approximate surface area is 146 Å². The van der Waals surface area contributed by atoms with Gasteiger partial charge in [-0.15, -0.1) is 11.3 Å². The van der Waals surface area contributed by atoms with Crippen LogP contribution in [0.15, 0.2) is 6.20 Å². The van der Waals surface area contributed by atoms with E-state index in [1.165, 1.54) is 4.88 Å². The first-order valence-electron chi connectivity index (χ1n) is 8.57. The summed E-state index contributed by atoms with van der Waals surface area (Å²) < 4.78 is 11.1. The second kappa shape index (κ2) is 6.50. The van der Waals surface area contributed by atoms with Gasteiger partial charge in [-0.25, -0.2) is 9.78 Å². The van der Waals surface area contributed by atoms with Crippen molar-refractivity contribution in [2.45, 2.75) is 25.0 Å². The molecular weight excluding hydrogens is 328 g/mol. The van der Waals surface area contributed by atoms with Gasteiger partial charge in [-0.3, -0.25) is 4.90 Å². The van der Waals surface area contributed by atoms with E-state index >= 15 is 0 Å². The van der Waals surface area contributed by atoms with E-state index < -0.39 is 0 Å². The molecular formula is C16H24N4O3S. The van der Waals surface area contributed by atoms with Gasteiger partial charge in [0.25, 0.3) is 0 Å². The number of thiazole rings is 1. The smallest absolute Gasteiger partial charge is 0.410 e. The molecule has 3 aliphatic heterocycles. The number of aromatic nitrogens is 1. The highest BCUT2D eigenvalue weighted by Crippen LogP contribution is 2.33. The third kappa shape index (κ3) is 3.22. The van der Waals surface area contributed by atoms with Gasteiger partial charge in [0.05, 0.1) is 19.8 Å². The van der Waals surface area contributed by atoms with Crippen molar-refractivity contribution >= 4 is 22.6 Å². The minimum absolute atomic E-state index is 0.191. The van der Waals surface area contributed by atoms with Crippen molar-refractivity contribution in [2.75, 3.05) is 57.9 Å². The van der Waals surface area contributed by atoms with E-state index in [-0.39, 0.29) is 11.7 Å². The topological polar surface area (TPSA) is 58.1 Å². The number of morpholine rings is 1. The van der Waals surface area contributed by atoms with Crippen molar-refractivity contribution < 1.29 is 14.3 Å². The standard InChI is InChI=1S/C16H24N4O3S/c1-18-11-16(23-15(18)21)3-2-4-19(12-16)10-13-9-17-14(24-13)20-5-7-22-8-6-20/h9H,2-8,10-12H2,1H3/t16-/m0/s1. The lowest BCUT2D eigenvalue weighted by molar-refractivity contribution is -0.0110. The van der Waals surface area contributed by atoms with E-state index in [1.807, 2.05) is 13.2 Å². The number of carbonyl (C=O) groups is 1. The molecule has 1 aromatic rings. The molecule has 1 amide bonds. The highest BCUT2D eigenvalue weighted by atomic mass is 32.1. The Morgan fingerprint density at radius 3 is 2.88 bits per heavy atom. The van der Waals surface area contributed by atoms with E-state index in [9.17, 15) is 4.79 Å². The zero-order valence-corrected chi connectivity index (χ0v) is 14.9. The fourth-order valence-corrected chi connectivity index (χ4v) is 4.83. The molecule has 0 N–H and O–H groups in total. The van der Waals surface area contributed by atoms with Gasteiger partial charge in [-0.05, 0) is 19.4 Å². The lowest BCUT2D eigenvalue weighted by Gasteiger charge is -2.38. The number of nitrogens with zero attached hydrogens (tertiary/aromatic N) is 4. The van der Waals surface area contributed by atoms with Gasteiger partial charge in [-0.1, -0.05) is 0 Å². The molecule has 0 radical (unpaired) electrons. The molecule has 3 aliphatic rings. The van der Waals surface area contributed by atoms with Crippen LogP contribution in [0.3, 0.4) is 0 Å². The fraction of sp³-hybridized carbons (Fsp3) is 0.750. The quantitative estimate of drug-likeness (QED) is 0.820. The van der Waals surface area contributed by atoms with Crippen LogP contribution in [-0.2, 0) is 16.0 Å². The highest BCUT2D eigenvalue weighted by molar-refractivity contribution is 7.15. The van der Waals surface area contributed by atoms with Gasteiger partial charge >= 0.3 is 6.09 Å². The van der Waals surface area contributed by atoms with Gasteiger partial charge in [0.1, 0.15) is 5.60 Å². The number of carbonyl (C=O) groups excluding carboxylic acids is 1. The van der Waals surface area contributed by atoms with E-state index in [2.05, 4.69) is 14.8 Å². The van der Waals surface area contributed by atoms with Crippen molar-refractivity contribution in [3.8, 4) is 0 Å². The van der Waals surface area contributed by atoms with Crippen LogP contribution >= 0.6 is 11.3 Å². The van der Waals surface area contributed by atoms with Crippen molar-refractivity contribution in [3.63, 3.8) is 0 Å². The van der Waals surface area contributed by atoms with E-state index in [0.717, 1.165) is 63.9 Å². The molecule has 0 aliphatic carbocycles. The molecule has 7 nitrogen and oxygen atoms in total. The summed E-state index contributed by atoms with van der Waals surface area (Å²) in [5.41, 5.74) is -0.318. The molecule has 3 saturated heterocycles. The highest BCUT2D eigenvalue weighted by Gasteiger charge is 2.46. The van der Waals surface area contributed by atoms with Crippen LogP contribution in [0.2, 0.25) is 0 Å². The number of likely N-dealkylation sites (tertiary alicyclic amines) is 1. The molecule has 0 aromatic carbocycles. The lowest BCUT2D eigenvalue weighted by Crippen LogP contribution is -2.50. The SMILES string of the molecule is CN1C[C@]2(CCCN(Cc3cnc(N4CCOCC4)s3)C2)OC1=O. The van der Waals surface area contributed by atoms with Crippen LogP contribution in [-0.4, -0.2) is 79.5 Å². The molecule has 1 spiro atoms. The zero-order chi connectivity index (χ0) is 16.6. The fourth-order valence-electron chi connectivity index (χ4n) is 3.82. The van der Waals surface area contributed by atoms with Crippen LogP contribution in [0.1, 0.15) is 17.7 Å². The normalized spacial score (nSPS) is 28.6. The van der Waals surface area contributed by atoms with Crippen molar-refractivity contribution in [1.82, 2.24) is 14.8 Å². The lowest BCUT2D eigenvalue weighted by atomic mass is 9.93. The van der Waals surface area contributed by atoms with E-state index in [4.69, 9.17) is 9.47 Å². The Kier molecular flexibility index (Phi) is 4.36.